The molecule has 2 aliphatic rings. The molecule has 1 fully saturated rings. The number of aryl methyl sites for hydroxylation is 1. The molecular weight excluding hydrogens is 604 g/mol. The molecule has 47 heavy (non-hydrogen) atoms. The predicted octanol–water partition coefficient (Wildman–Crippen LogP) is 3.57. The monoisotopic (exact) mass is 642 g/mol. The van der Waals surface area contributed by atoms with Crippen molar-refractivity contribution < 1.29 is 33.7 Å². The molecule has 0 radical (unpaired) electrons. The second-order valence-electron chi connectivity index (χ2n) is 12.4. The summed E-state index contributed by atoms with van der Waals surface area (Å²) >= 11 is 0. The van der Waals surface area contributed by atoms with Crippen LogP contribution in [0.25, 0.3) is 22.2 Å². The number of nitrogens with zero attached hydrogens (tertiary/aromatic N) is 3. The Kier molecular flexibility index (Phi) is 8.84. The van der Waals surface area contributed by atoms with E-state index >= 15 is 0 Å². The molecule has 1 aliphatic carbocycles. The van der Waals surface area contributed by atoms with Gasteiger partial charge in [0.2, 0.25) is 0 Å². The molecule has 0 spiro atoms. The van der Waals surface area contributed by atoms with Gasteiger partial charge in [0, 0.05) is 18.5 Å². The van der Waals surface area contributed by atoms with Crippen LogP contribution in [0.5, 0.6) is 0 Å². The SMILES string of the molecule is Cc1nc(N)c2c(C(N)=O)cn([C@H]3C[C@H](O)[C@@H](COC(=O)[C@H](CC(C)C)NC(=O)OCC4c5ccccc5-c5ccccc54)O3)c2n1. The number of aliphatic hydroxyl groups is 1. The minimum atomic E-state index is -0.999. The number of nitrogens with one attached hydrogen (secondary N) is 1. The number of nitrogens with two attached hydrogens (primary N) is 2. The topological polar surface area (TPSA) is 194 Å². The lowest BCUT2D eigenvalue weighted by molar-refractivity contribution is -0.152. The summed E-state index contributed by atoms with van der Waals surface area (Å²) in [6.07, 6.45) is -1.45. The number of esters is 1. The molecule has 6 N–H and O–H groups in total. The molecule has 6 rings (SSSR count). The number of nitrogen functional groups attached to an aromatic ring is 1. The summed E-state index contributed by atoms with van der Waals surface area (Å²) in [5, 5.41) is 13.8. The van der Waals surface area contributed by atoms with Gasteiger partial charge >= 0.3 is 12.1 Å². The Bertz CT molecular complexity index is 1790. The molecule has 1 aliphatic heterocycles. The average Bonchev–Trinajstić information content (AvgIpc) is 3.69. The molecule has 13 nitrogen and oxygen atoms in total. The fourth-order valence-corrected chi connectivity index (χ4v) is 6.46. The van der Waals surface area contributed by atoms with E-state index in [4.69, 9.17) is 25.7 Å². The lowest BCUT2D eigenvalue weighted by Crippen LogP contribution is -2.44. The lowest BCUT2D eigenvalue weighted by atomic mass is 9.98. The molecule has 4 atom stereocenters. The van der Waals surface area contributed by atoms with Crippen LogP contribution in [-0.4, -0.2) is 69.1 Å². The third kappa shape index (κ3) is 6.36. The third-order valence-electron chi connectivity index (χ3n) is 8.61. The molecule has 2 amide bonds. The van der Waals surface area contributed by atoms with Gasteiger partial charge in [-0.2, -0.15) is 0 Å². The smallest absolute Gasteiger partial charge is 0.407 e. The summed E-state index contributed by atoms with van der Waals surface area (Å²) in [6.45, 7) is 5.35. The standard InChI is InChI=1S/C34H38N6O7/c1-17(2)12-25(39-34(44)46-15-24-21-10-6-4-8-19(21)20-9-5-7-11-22(20)24)33(43)45-16-27-26(41)13-28(47-27)40-14-23(31(36)42)29-30(35)37-18(3)38-32(29)40/h4-11,14,17,24-28,41H,12-13,15-16H2,1-3H3,(H2,36,42)(H,39,44)(H2,35,37,38)/t25-,26-,27+,28+/m0/s1. The number of benzene rings is 2. The number of aliphatic hydroxyl groups excluding tert-OH is 1. The van der Waals surface area contributed by atoms with Crippen LogP contribution in [0.4, 0.5) is 10.6 Å². The zero-order chi connectivity index (χ0) is 33.4. The minimum Gasteiger partial charge on any atom is -0.461 e. The number of carbonyl (C=O) groups excluding carboxylic acids is 3. The Morgan fingerprint density at radius 1 is 1.04 bits per heavy atom. The van der Waals surface area contributed by atoms with E-state index < -0.39 is 42.4 Å². The van der Waals surface area contributed by atoms with E-state index in [1.165, 1.54) is 6.20 Å². The molecule has 4 aromatic rings. The predicted molar refractivity (Wildman–Crippen MR) is 172 cm³/mol. The zero-order valence-corrected chi connectivity index (χ0v) is 26.4. The number of hydrogen-bond donors (Lipinski definition) is 4. The quantitative estimate of drug-likeness (QED) is 0.186. The molecule has 3 heterocycles. The van der Waals surface area contributed by atoms with Crippen LogP contribution in [0.3, 0.4) is 0 Å². The lowest BCUT2D eigenvalue weighted by Gasteiger charge is -2.22. The first kappa shape index (κ1) is 32.0. The van der Waals surface area contributed by atoms with Crippen LogP contribution in [0.2, 0.25) is 0 Å². The van der Waals surface area contributed by atoms with Gasteiger partial charge in [-0.05, 0) is 41.5 Å². The van der Waals surface area contributed by atoms with E-state index in [-0.39, 0.29) is 42.9 Å². The summed E-state index contributed by atoms with van der Waals surface area (Å²) in [7, 11) is 0. The van der Waals surface area contributed by atoms with Crippen molar-refractivity contribution in [1.82, 2.24) is 19.9 Å². The normalized spacial score (nSPS) is 19.4. The van der Waals surface area contributed by atoms with E-state index in [1.54, 1.807) is 11.5 Å². The van der Waals surface area contributed by atoms with Crippen molar-refractivity contribution in [3.05, 3.63) is 77.2 Å². The minimum absolute atomic E-state index is 0.0542. The van der Waals surface area contributed by atoms with Crippen molar-refractivity contribution in [2.24, 2.45) is 11.7 Å². The highest BCUT2D eigenvalue weighted by Crippen LogP contribution is 2.44. The fraction of sp³-hybridized carbons (Fsp3) is 0.382. The number of alkyl carbamates (subject to hydrolysis) is 1. The largest absolute Gasteiger partial charge is 0.461 e. The van der Waals surface area contributed by atoms with Crippen molar-refractivity contribution in [3.8, 4) is 11.1 Å². The van der Waals surface area contributed by atoms with Gasteiger partial charge in [0.25, 0.3) is 5.91 Å². The number of ether oxygens (including phenoxy) is 3. The first-order valence-corrected chi connectivity index (χ1v) is 15.6. The van der Waals surface area contributed by atoms with E-state index in [2.05, 4.69) is 27.4 Å². The van der Waals surface area contributed by atoms with Gasteiger partial charge in [-0.3, -0.25) is 4.79 Å². The molecule has 2 aromatic carbocycles. The van der Waals surface area contributed by atoms with Crippen molar-refractivity contribution in [3.63, 3.8) is 0 Å². The molecule has 1 saturated heterocycles. The maximum Gasteiger partial charge on any atom is 0.407 e. The molecular formula is C34H38N6O7. The van der Waals surface area contributed by atoms with Gasteiger partial charge in [-0.1, -0.05) is 62.4 Å². The van der Waals surface area contributed by atoms with E-state index in [9.17, 15) is 19.5 Å². The van der Waals surface area contributed by atoms with Gasteiger partial charge in [0.05, 0.1) is 17.1 Å². The van der Waals surface area contributed by atoms with Crippen molar-refractivity contribution >= 4 is 34.8 Å². The Morgan fingerprint density at radius 3 is 2.34 bits per heavy atom. The maximum atomic E-state index is 13.2. The first-order chi connectivity index (χ1) is 22.5. The Labute approximate surface area is 271 Å². The maximum absolute atomic E-state index is 13.2. The van der Waals surface area contributed by atoms with E-state index in [0.717, 1.165) is 22.3 Å². The summed E-state index contributed by atoms with van der Waals surface area (Å²) in [5.41, 5.74) is 16.5. The molecule has 246 valence electrons. The zero-order valence-electron chi connectivity index (χ0n) is 26.4. The third-order valence-corrected chi connectivity index (χ3v) is 8.61. The van der Waals surface area contributed by atoms with Gasteiger partial charge in [0.1, 0.15) is 48.9 Å². The highest BCUT2D eigenvalue weighted by atomic mass is 16.6. The first-order valence-electron chi connectivity index (χ1n) is 15.6. The average molecular weight is 643 g/mol. The number of anilines is 1. The van der Waals surface area contributed by atoms with Crippen LogP contribution < -0.4 is 16.8 Å². The summed E-state index contributed by atoms with van der Waals surface area (Å²) in [6, 6.07) is 15.1. The number of primary amides is 1. The highest BCUT2D eigenvalue weighted by molar-refractivity contribution is 6.09. The second kappa shape index (κ2) is 13.0. The molecule has 2 aromatic heterocycles. The van der Waals surface area contributed by atoms with Gasteiger partial charge in [0.15, 0.2) is 0 Å². The number of carbonyl (C=O) groups is 3. The van der Waals surface area contributed by atoms with Crippen molar-refractivity contribution in [2.45, 2.75) is 64.0 Å². The Morgan fingerprint density at radius 2 is 1.70 bits per heavy atom. The number of hydrogen-bond acceptors (Lipinski definition) is 10. The van der Waals surface area contributed by atoms with Crippen LogP contribution in [-0.2, 0) is 19.0 Å². The van der Waals surface area contributed by atoms with Crippen LogP contribution in [0, 0.1) is 12.8 Å². The molecule has 13 heteroatoms. The Hall–Kier alpha value is -5.01. The van der Waals surface area contributed by atoms with Crippen LogP contribution in [0.15, 0.2) is 54.7 Å². The number of fused-ring (bicyclic) bond motifs is 4. The number of amides is 2. The van der Waals surface area contributed by atoms with E-state index in [1.807, 2.05) is 50.2 Å². The summed E-state index contributed by atoms with van der Waals surface area (Å²) < 4.78 is 18.8. The van der Waals surface area contributed by atoms with E-state index in [0.29, 0.717) is 23.3 Å². The highest BCUT2D eigenvalue weighted by Gasteiger charge is 2.38. The Balaban J connectivity index is 1.09. The van der Waals surface area contributed by atoms with Crippen molar-refractivity contribution in [2.75, 3.05) is 18.9 Å². The molecule has 0 unspecified atom stereocenters. The summed E-state index contributed by atoms with van der Waals surface area (Å²) in [4.78, 5) is 46.9. The van der Waals surface area contributed by atoms with Crippen molar-refractivity contribution in [1.29, 1.82) is 0 Å². The number of aromatic nitrogens is 3. The van der Waals surface area contributed by atoms with Gasteiger partial charge < -0.3 is 40.7 Å². The van der Waals surface area contributed by atoms with Crippen LogP contribution >= 0.6 is 0 Å². The summed E-state index contributed by atoms with van der Waals surface area (Å²) in [5.74, 6) is -0.972. The van der Waals surface area contributed by atoms with Gasteiger partial charge in [-0.15, -0.1) is 0 Å². The second-order valence-corrected chi connectivity index (χ2v) is 12.4. The van der Waals surface area contributed by atoms with Gasteiger partial charge in [-0.25, -0.2) is 19.6 Å². The molecule has 0 saturated carbocycles. The fourth-order valence-electron chi connectivity index (χ4n) is 6.46. The van der Waals surface area contributed by atoms with Crippen LogP contribution in [0.1, 0.15) is 66.1 Å². The molecule has 0 bridgehead atoms. The number of rotatable bonds is 10.